The molecule has 1 aliphatic heterocycles. The SMILES string of the molecule is CCOc1cc(/C=C2/C(=O)NN(c3ccccc3)C2=O)cc(Cl)c1O[C@@H](C)C(=O)OC. The smallest absolute Gasteiger partial charge is 0.346 e. The Morgan fingerprint density at radius 2 is 1.94 bits per heavy atom. The number of benzene rings is 2. The van der Waals surface area contributed by atoms with E-state index in [4.69, 9.17) is 21.1 Å². The van der Waals surface area contributed by atoms with E-state index in [-0.39, 0.29) is 22.1 Å². The molecule has 1 heterocycles. The lowest BCUT2D eigenvalue weighted by Gasteiger charge is -2.17. The number of carbonyl (C=O) groups is 3. The summed E-state index contributed by atoms with van der Waals surface area (Å²) < 4.78 is 15.9. The van der Waals surface area contributed by atoms with Gasteiger partial charge in [-0.15, -0.1) is 0 Å². The van der Waals surface area contributed by atoms with Gasteiger partial charge >= 0.3 is 5.97 Å². The van der Waals surface area contributed by atoms with Crippen LogP contribution in [0, 0.1) is 0 Å². The van der Waals surface area contributed by atoms with Gasteiger partial charge in [-0.1, -0.05) is 29.8 Å². The summed E-state index contributed by atoms with van der Waals surface area (Å²) in [5, 5.41) is 1.33. The number of para-hydroxylation sites is 1. The molecule has 9 heteroatoms. The van der Waals surface area contributed by atoms with Crippen LogP contribution in [0.5, 0.6) is 11.5 Å². The average molecular weight is 445 g/mol. The highest BCUT2D eigenvalue weighted by atomic mass is 35.5. The summed E-state index contributed by atoms with van der Waals surface area (Å²) >= 11 is 6.36. The number of amides is 2. The van der Waals surface area contributed by atoms with Crippen molar-refractivity contribution in [3.8, 4) is 11.5 Å². The molecule has 0 spiro atoms. The van der Waals surface area contributed by atoms with Crippen molar-refractivity contribution in [1.29, 1.82) is 0 Å². The summed E-state index contributed by atoms with van der Waals surface area (Å²) in [5.74, 6) is -1.17. The Hall–Kier alpha value is -3.52. The summed E-state index contributed by atoms with van der Waals surface area (Å²) in [5.41, 5.74) is 3.48. The number of hydrogen-bond acceptors (Lipinski definition) is 6. The molecule has 3 rings (SSSR count). The predicted molar refractivity (Wildman–Crippen MR) is 115 cm³/mol. The lowest BCUT2D eigenvalue weighted by molar-refractivity contribution is -0.148. The number of nitrogens with one attached hydrogen (secondary N) is 1. The molecule has 0 unspecified atom stereocenters. The standard InChI is InChI=1S/C22H21ClN2O6/c1-4-30-18-12-14(11-17(23)19(18)31-13(2)22(28)29-3)10-16-20(26)24-25(21(16)27)15-8-6-5-7-9-15/h5-13H,4H2,1-3H3,(H,24,26)/b16-10-/t13-/m0/s1. The molecule has 1 N–H and O–H groups in total. The number of halogens is 1. The number of rotatable bonds is 7. The van der Waals surface area contributed by atoms with Crippen LogP contribution in [0.4, 0.5) is 5.69 Å². The number of anilines is 1. The van der Waals surface area contributed by atoms with Gasteiger partial charge in [-0.05, 0) is 49.8 Å². The van der Waals surface area contributed by atoms with Crippen molar-refractivity contribution in [2.75, 3.05) is 18.7 Å². The molecule has 162 valence electrons. The van der Waals surface area contributed by atoms with Crippen LogP contribution in [0.15, 0.2) is 48.0 Å². The van der Waals surface area contributed by atoms with E-state index in [1.807, 2.05) is 6.07 Å². The number of carbonyl (C=O) groups excluding carboxylic acids is 3. The molecule has 1 fully saturated rings. The van der Waals surface area contributed by atoms with Crippen LogP contribution in [0.3, 0.4) is 0 Å². The maximum atomic E-state index is 12.8. The van der Waals surface area contributed by atoms with Crippen molar-refractivity contribution in [2.24, 2.45) is 0 Å². The second-order valence-electron chi connectivity index (χ2n) is 6.52. The van der Waals surface area contributed by atoms with Crippen LogP contribution in [0.2, 0.25) is 5.02 Å². The van der Waals surface area contributed by atoms with Gasteiger partial charge in [0.2, 0.25) is 0 Å². The number of hydrogen-bond donors (Lipinski definition) is 1. The van der Waals surface area contributed by atoms with E-state index in [2.05, 4.69) is 10.2 Å². The van der Waals surface area contributed by atoms with Crippen LogP contribution in [-0.4, -0.2) is 37.6 Å². The lowest BCUT2D eigenvalue weighted by atomic mass is 10.1. The first-order chi connectivity index (χ1) is 14.8. The third kappa shape index (κ3) is 4.80. The molecule has 2 amide bonds. The maximum absolute atomic E-state index is 12.8. The summed E-state index contributed by atoms with van der Waals surface area (Å²) in [6.07, 6.45) is 0.509. The third-order valence-corrected chi connectivity index (χ3v) is 4.66. The Morgan fingerprint density at radius 3 is 2.58 bits per heavy atom. The van der Waals surface area contributed by atoms with Crippen molar-refractivity contribution < 1.29 is 28.6 Å². The normalized spacial score (nSPS) is 15.6. The Balaban J connectivity index is 1.94. The van der Waals surface area contributed by atoms with Crippen LogP contribution >= 0.6 is 11.6 Å². The van der Waals surface area contributed by atoms with Gasteiger partial charge in [-0.2, -0.15) is 0 Å². The zero-order valence-corrected chi connectivity index (χ0v) is 17.9. The van der Waals surface area contributed by atoms with Crippen molar-refractivity contribution in [3.05, 3.63) is 58.6 Å². The predicted octanol–water partition coefficient (Wildman–Crippen LogP) is 3.14. The zero-order valence-electron chi connectivity index (χ0n) is 17.2. The Labute approximate surface area is 184 Å². The molecule has 0 bridgehead atoms. The molecular formula is C22H21ClN2O6. The summed E-state index contributed by atoms with van der Waals surface area (Å²) in [4.78, 5) is 36.9. The second-order valence-corrected chi connectivity index (χ2v) is 6.93. The van der Waals surface area contributed by atoms with Gasteiger partial charge in [0.25, 0.3) is 11.8 Å². The van der Waals surface area contributed by atoms with Crippen LogP contribution < -0.4 is 19.9 Å². The van der Waals surface area contributed by atoms with E-state index < -0.39 is 23.9 Å². The molecule has 1 aliphatic rings. The Morgan fingerprint density at radius 1 is 1.23 bits per heavy atom. The monoisotopic (exact) mass is 444 g/mol. The van der Waals surface area contributed by atoms with Crippen LogP contribution in [-0.2, 0) is 19.1 Å². The Bertz CT molecular complexity index is 1040. The fraction of sp³-hybridized carbons (Fsp3) is 0.227. The number of ether oxygens (including phenoxy) is 3. The highest BCUT2D eigenvalue weighted by Gasteiger charge is 2.34. The van der Waals surface area contributed by atoms with E-state index >= 15 is 0 Å². The molecule has 31 heavy (non-hydrogen) atoms. The minimum atomic E-state index is -0.910. The zero-order chi connectivity index (χ0) is 22.5. The summed E-state index contributed by atoms with van der Waals surface area (Å²) in [6.45, 7) is 3.60. The largest absolute Gasteiger partial charge is 0.490 e. The summed E-state index contributed by atoms with van der Waals surface area (Å²) in [6, 6.07) is 11.8. The van der Waals surface area contributed by atoms with E-state index in [0.717, 1.165) is 0 Å². The van der Waals surface area contributed by atoms with Crippen LogP contribution in [0.1, 0.15) is 19.4 Å². The first-order valence-corrected chi connectivity index (χ1v) is 9.86. The second kappa shape index (κ2) is 9.53. The van der Waals surface area contributed by atoms with Crippen molar-refractivity contribution in [3.63, 3.8) is 0 Å². The number of nitrogens with zero attached hydrogens (tertiary/aromatic N) is 1. The molecule has 2 aromatic carbocycles. The highest BCUT2D eigenvalue weighted by Crippen LogP contribution is 2.38. The quantitative estimate of drug-likeness (QED) is 0.400. The van der Waals surface area contributed by atoms with E-state index in [1.54, 1.807) is 37.3 Å². The van der Waals surface area contributed by atoms with E-state index in [9.17, 15) is 14.4 Å². The molecule has 2 aromatic rings. The van der Waals surface area contributed by atoms with Gasteiger partial charge in [0, 0.05) is 0 Å². The van der Waals surface area contributed by atoms with Gasteiger partial charge in [-0.3, -0.25) is 15.0 Å². The first-order valence-electron chi connectivity index (χ1n) is 9.48. The summed E-state index contributed by atoms with van der Waals surface area (Å²) in [7, 11) is 1.25. The van der Waals surface area contributed by atoms with Crippen LogP contribution in [0.25, 0.3) is 6.08 Å². The van der Waals surface area contributed by atoms with E-state index in [0.29, 0.717) is 17.9 Å². The molecule has 0 radical (unpaired) electrons. The lowest BCUT2D eigenvalue weighted by Crippen LogP contribution is -2.35. The van der Waals surface area contributed by atoms with Crippen molar-refractivity contribution in [1.82, 2.24) is 5.43 Å². The number of methoxy groups -OCH3 is 1. The minimum Gasteiger partial charge on any atom is -0.490 e. The van der Waals surface area contributed by atoms with Gasteiger partial charge in [-0.25, -0.2) is 9.80 Å². The highest BCUT2D eigenvalue weighted by molar-refractivity contribution is 6.33. The number of hydrazine groups is 1. The van der Waals surface area contributed by atoms with Gasteiger partial charge in [0.05, 0.1) is 24.4 Å². The number of esters is 1. The topological polar surface area (TPSA) is 94.2 Å². The van der Waals surface area contributed by atoms with E-state index in [1.165, 1.54) is 31.2 Å². The van der Waals surface area contributed by atoms with Crippen molar-refractivity contribution >= 4 is 41.1 Å². The van der Waals surface area contributed by atoms with Gasteiger partial charge < -0.3 is 14.2 Å². The molecule has 1 atom stereocenters. The Kier molecular flexibility index (Phi) is 6.81. The fourth-order valence-corrected chi connectivity index (χ4v) is 3.19. The molecule has 0 aliphatic carbocycles. The van der Waals surface area contributed by atoms with Gasteiger partial charge in [0.1, 0.15) is 5.57 Å². The first kappa shape index (κ1) is 22.2. The molecule has 1 saturated heterocycles. The molecular weight excluding hydrogens is 424 g/mol. The van der Waals surface area contributed by atoms with Crippen molar-refractivity contribution in [2.45, 2.75) is 20.0 Å². The average Bonchev–Trinajstić information content (AvgIpc) is 3.04. The molecule has 8 nitrogen and oxygen atoms in total. The fourth-order valence-electron chi connectivity index (χ4n) is 2.92. The third-order valence-electron chi connectivity index (χ3n) is 4.38. The molecule has 0 aromatic heterocycles. The van der Waals surface area contributed by atoms with Gasteiger partial charge in [0.15, 0.2) is 17.6 Å². The maximum Gasteiger partial charge on any atom is 0.346 e. The molecule has 0 saturated carbocycles. The minimum absolute atomic E-state index is 0.0565.